The number of aromatic nitrogens is 3. The van der Waals surface area contributed by atoms with Gasteiger partial charge in [0.25, 0.3) is 24.1 Å². The Balaban J connectivity index is 1.71. The largest absolute Gasteiger partial charge is 0.457 e. The molecule has 0 aliphatic heterocycles. The van der Waals surface area contributed by atoms with E-state index in [2.05, 4.69) is 42.3 Å². The molecular formula is C33H26N4O8S. The highest BCUT2D eigenvalue weighted by atomic mass is 32.1. The molecule has 3 heterocycles. The van der Waals surface area contributed by atoms with E-state index in [9.17, 15) is 29.2 Å². The van der Waals surface area contributed by atoms with Crippen LogP contribution < -0.4 is 21.8 Å². The molecule has 12 nitrogen and oxygen atoms in total. The van der Waals surface area contributed by atoms with Gasteiger partial charge < -0.3 is 18.8 Å². The fraction of sp³-hybridized carbons (Fsp3) is 0.152. The molecule has 3 aromatic heterocycles. The fourth-order valence-corrected chi connectivity index (χ4v) is 6.18. The van der Waals surface area contributed by atoms with E-state index in [0.29, 0.717) is 4.88 Å². The Hall–Kier alpha value is -6.00. The maximum absolute atomic E-state index is 13.7. The van der Waals surface area contributed by atoms with Gasteiger partial charge in [-0.2, -0.15) is 5.26 Å². The van der Waals surface area contributed by atoms with Crippen molar-refractivity contribution in [2.24, 2.45) is 0 Å². The third kappa shape index (κ3) is 5.76. The summed E-state index contributed by atoms with van der Waals surface area (Å²) in [5, 5.41) is 11.6. The lowest BCUT2D eigenvalue weighted by atomic mass is 10.1. The summed E-state index contributed by atoms with van der Waals surface area (Å²) in [5.41, 5.74) is -0.0743. The van der Waals surface area contributed by atoms with Gasteiger partial charge in [-0.15, -0.1) is 11.3 Å². The minimum Gasteiger partial charge on any atom is -0.457 e. The number of thiophene rings is 1. The van der Waals surface area contributed by atoms with Gasteiger partial charge in [0.05, 0.1) is 0 Å². The Labute approximate surface area is 264 Å². The minimum atomic E-state index is -1.18. The van der Waals surface area contributed by atoms with Crippen LogP contribution in [0.2, 0.25) is 0 Å². The van der Waals surface area contributed by atoms with E-state index < -0.39 is 41.6 Å². The van der Waals surface area contributed by atoms with Gasteiger partial charge in [0, 0.05) is 38.1 Å². The first-order valence-corrected chi connectivity index (χ1v) is 14.7. The Bertz CT molecular complexity index is 2250. The van der Waals surface area contributed by atoms with Gasteiger partial charge in [0.2, 0.25) is 0 Å². The monoisotopic (exact) mass is 638 g/mol. The lowest BCUT2D eigenvalue weighted by Crippen LogP contribution is -2.59. The summed E-state index contributed by atoms with van der Waals surface area (Å²) >= 11 is 1.33. The molecule has 0 saturated carbocycles. The van der Waals surface area contributed by atoms with Crippen molar-refractivity contribution in [3.8, 4) is 16.5 Å². The quantitative estimate of drug-likeness (QED) is 0.0868. The van der Waals surface area contributed by atoms with Crippen LogP contribution in [-0.4, -0.2) is 39.2 Å². The van der Waals surface area contributed by atoms with Crippen molar-refractivity contribution in [1.29, 1.82) is 5.26 Å². The summed E-state index contributed by atoms with van der Waals surface area (Å²) in [5.74, 6) is -1.18. The van der Waals surface area contributed by atoms with Gasteiger partial charge in [-0.05, 0) is 48.9 Å². The molecule has 46 heavy (non-hydrogen) atoms. The van der Waals surface area contributed by atoms with E-state index in [4.69, 9.17) is 14.2 Å². The number of ether oxygens (including phenoxy) is 3. The van der Waals surface area contributed by atoms with Gasteiger partial charge in [0.1, 0.15) is 23.4 Å². The number of hydrogen-bond acceptors (Lipinski definition) is 10. The van der Waals surface area contributed by atoms with Crippen molar-refractivity contribution in [2.75, 3.05) is 6.61 Å². The molecule has 0 aliphatic rings. The number of carbonyl (C=O) groups excluding carboxylic acids is 3. The maximum Gasteiger partial charge on any atom is 0.353 e. The number of nitriles is 1. The third-order valence-electron chi connectivity index (χ3n) is 7.16. The molecule has 0 fully saturated rings. The average Bonchev–Trinajstić information content (AvgIpc) is 3.67. The van der Waals surface area contributed by atoms with Crippen LogP contribution in [0.15, 0.2) is 76.8 Å². The number of aryl methyl sites for hydroxylation is 1. The van der Waals surface area contributed by atoms with Crippen LogP contribution in [-0.2, 0) is 48.6 Å². The summed E-state index contributed by atoms with van der Waals surface area (Å²) in [6.07, 6.45) is 2.61. The summed E-state index contributed by atoms with van der Waals surface area (Å²) in [6.45, 7) is 4.66. The van der Waals surface area contributed by atoms with Crippen molar-refractivity contribution in [3.05, 3.63) is 104 Å². The Morgan fingerprint density at radius 1 is 0.935 bits per heavy atom. The van der Waals surface area contributed by atoms with Crippen molar-refractivity contribution in [1.82, 2.24) is 13.7 Å². The number of fused-ring (bicyclic) bond motifs is 3. The van der Waals surface area contributed by atoms with Gasteiger partial charge in [-0.3, -0.25) is 28.3 Å². The molecule has 0 spiro atoms. The van der Waals surface area contributed by atoms with Gasteiger partial charge in [-0.25, -0.2) is 4.79 Å². The van der Waals surface area contributed by atoms with Crippen LogP contribution in [0.3, 0.4) is 0 Å². The summed E-state index contributed by atoms with van der Waals surface area (Å²) in [4.78, 5) is 63.7. The highest BCUT2D eigenvalue weighted by Gasteiger charge is 2.21. The molecule has 232 valence electrons. The number of benzene rings is 2. The van der Waals surface area contributed by atoms with E-state index in [-0.39, 0.29) is 24.8 Å². The predicted molar refractivity (Wildman–Crippen MR) is 171 cm³/mol. The molecule has 0 unspecified atom stereocenters. The second kappa shape index (κ2) is 13.7. The summed E-state index contributed by atoms with van der Waals surface area (Å²) in [7, 11) is 0. The number of esters is 1. The molecule has 0 aliphatic carbocycles. The standard InChI is InChI=1S/C33H26N4O8S/c1-3-13-45-33(42)26(16-34)30-36(17-43-19-38)31(40)25(32(41)37(30)18-44-20-39)15-22-10-12-29(46-22)21-9-11-28-24(14-21)23-7-5-6-8-27(23)35(28)4-2/h3,5-12,14-15,19-20H,1,4,13,17-18H2,2H3. The van der Waals surface area contributed by atoms with E-state index in [1.165, 1.54) is 23.5 Å². The number of carbonyl (C=O) groups is 3. The maximum atomic E-state index is 13.7. The Kier molecular flexibility index (Phi) is 9.39. The minimum absolute atomic E-state index is 0.0549. The molecular weight excluding hydrogens is 612 g/mol. The smallest absolute Gasteiger partial charge is 0.353 e. The molecule has 0 N–H and O–H groups in total. The summed E-state index contributed by atoms with van der Waals surface area (Å²) in [6, 6.07) is 19.6. The highest BCUT2D eigenvalue weighted by Crippen LogP contribution is 2.35. The zero-order chi connectivity index (χ0) is 32.8. The molecule has 0 atom stereocenters. The second-order valence-electron chi connectivity index (χ2n) is 9.70. The molecule has 0 amide bonds. The molecule has 2 aromatic carbocycles. The third-order valence-corrected chi connectivity index (χ3v) is 8.25. The first-order valence-electron chi connectivity index (χ1n) is 13.9. The number of hydrogen-bond donors (Lipinski definition) is 0. The molecule has 0 bridgehead atoms. The zero-order valence-corrected chi connectivity index (χ0v) is 25.3. The van der Waals surface area contributed by atoms with E-state index >= 15 is 0 Å². The van der Waals surface area contributed by atoms with Crippen LogP contribution in [0.25, 0.3) is 43.9 Å². The normalized spacial score (nSPS) is 10.7. The molecule has 13 heteroatoms. The van der Waals surface area contributed by atoms with Crippen molar-refractivity contribution in [3.63, 3.8) is 0 Å². The molecule has 5 rings (SSSR count). The van der Waals surface area contributed by atoms with E-state index in [1.807, 2.05) is 24.3 Å². The lowest BCUT2D eigenvalue weighted by Gasteiger charge is -2.13. The summed E-state index contributed by atoms with van der Waals surface area (Å²) < 4.78 is 18.3. The number of para-hydroxylation sites is 1. The van der Waals surface area contributed by atoms with Crippen molar-refractivity contribution >= 4 is 63.7 Å². The van der Waals surface area contributed by atoms with Crippen LogP contribution in [0, 0.1) is 11.3 Å². The van der Waals surface area contributed by atoms with Crippen LogP contribution >= 0.6 is 11.3 Å². The fourth-order valence-electron chi connectivity index (χ4n) is 5.23. The molecule has 0 saturated heterocycles. The van der Waals surface area contributed by atoms with Crippen LogP contribution in [0.4, 0.5) is 0 Å². The average molecular weight is 639 g/mol. The zero-order valence-electron chi connectivity index (χ0n) is 24.5. The number of nitrogens with zero attached hydrogens (tertiary/aromatic N) is 4. The van der Waals surface area contributed by atoms with Gasteiger partial charge in [-0.1, -0.05) is 36.9 Å². The van der Waals surface area contributed by atoms with Crippen LogP contribution in [0.1, 0.15) is 11.8 Å². The van der Waals surface area contributed by atoms with E-state index in [1.54, 1.807) is 12.1 Å². The Morgan fingerprint density at radius 2 is 1.61 bits per heavy atom. The van der Waals surface area contributed by atoms with Gasteiger partial charge >= 0.3 is 5.97 Å². The van der Waals surface area contributed by atoms with Gasteiger partial charge in [0.15, 0.2) is 19.0 Å². The van der Waals surface area contributed by atoms with Crippen molar-refractivity contribution in [2.45, 2.75) is 26.9 Å². The first kappa shape index (κ1) is 31.4. The molecule has 0 radical (unpaired) electrons. The SMILES string of the molecule is C=CCOC(=O)C(C#N)=c1n(COC=O)c(=O)c(=Cc2ccc(-c3ccc4c(c3)c3ccccc3n4CC)s2)c(=O)n1COC=O. The Morgan fingerprint density at radius 3 is 2.24 bits per heavy atom. The van der Waals surface area contributed by atoms with Crippen molar-refractivity contribution < 1.29 is 28.6 Å². The van der Waals surface area contributed by atoms with Crippen LogP contribution in [0.5, 0.6) is 0 Å². The topological polar surface area (TPSA) is 152 Å². The molecule has 5 aromatic rings. The first-order chi connectivity index (χ1) is 22.4. The lowest BCUT2D eigenvalue weighted by molar-refractivity contribution is -0.135. The number of rotatable bonds is 12. The predicted octanol–water partition coefficient (Wildman–Crippen LogP) is 2.36. The highest BCUT2D eigenvalue weighted by molar-refractivity contribution is 7.16. The van der Waals surface area contributed by atoms with E-state index in [0.717, 1.165) is 47.9 Å². The second-order valence-corrected chi connectivity index (χ2v) is 10.8.